The van der Waals surface area contributed by atoms with Crippen LogP contribution in [0.4, 0.5) is 0 Å². The maximum atomic E-state index is 12.6. The highest BCUT2D eigenvalue weighted by Gasteiger charge is 2.42. The highest BCUT2D eigenvalue weighted by atomic mass is 32.1. The van der Waals surface area contributed by atoms with Gasteiger partial charge in [0.2, 0.25) is 5.91 Å². The summed E-state index contributed by atoms with van der Waals surface area (Å²) in [6, 6.07) is 0.208. The lowest BCUT2D eigenvalue weighted by Gasteiger charge is -2.38. The first-order valence-electron chi connectivity index (χ1n) is 7.13. The predicted octanol–water partition coefficient (Wildman–Crippen LogP) is 2.15. The van der Waals surface area contributed by atoms with Gasteiger partial charge in [-0.2, -0.15) is 0 Å². The first kappa shape index (κ1) is 16.4. The van der Waals surface area contributed by atoms with Crippen LogP contribution in [0.3, 0.4) is 0 Å². The second-order valence-corrected chi connectivity index (χ2v) is 5.89. The lowest BCUT2D eigenvalue weighted by molar-refractivity contribution is -0.130. The highest BCUT2D eigenvalue weighted by molar-refractivity contribution is 7.80. The maximum absolute atomic E-state index is 12.6. The quantitative estimate of drug-likeness (QED) is 0.671. The summed E-state index contributed by atoms with van der Waals surface area (Å²) in [5.74, 6) is 0.00301. The van der Waals surface area contributed by atoms with Gasteiger partial charge in [-0.1, -0.05) is 38.9 Å². The number of nitrogens with one attached hydrogen (secondary N) is 1. The van der Waals surface area contributed by atoms with E-state index in [9.17, 15) is 4.79 Å². The van der Waals surface area contributed by atoms with Gasteiger partial charge < -0.3 is 15.8 Å². The fraction of sp³-hybridized carbons (Fsp3) is 0.857. The molecule has 0 aromatic rings. The molecule has 0 aromatic heterocycles. The molecule has 0 atom stereocenters. The lowest BCUT2D eigenvalue weighted by Crippen LogP contribution is -2.55. The van der Waals surface area contributed by atoms with E-state index in [1.54, 1.807) is 7.11 Å². The van der Waals surface area contributed by atoms with Crippen molar-refractivity contribution in [2.45, 2.75) is 64.5 Å². The summed E-state index contributed by atoms with van der Waals surface area (Å²) in [5.41, 5.74) is 5.21. The fourth-order valence-electron chi connectivity index (χ4n) is 2.76. The first-order chi connectivity index (χ1) is 9.00. The minimum absolute atomic E-state index is 0.00301. The second-order valence-electron chi connectivity index (χ2n) is 5.45. The maximum Gasteiger partial charge on any atom is 0.233 e. The van der Waals surface area contributed by atoms with E-state index in [2.05, 4.69) is 19.2 Å². The molecule has 4 nitrogen and oxygen atoms in total. The number of thiocarbonyl (C=S) groups is 1. The third-order valence-corrected chi connectivity index (χ3v) is 4.41. The smallest absolute Gasteiger partial charge is 0.233 e. The first-order valence-corrected chi connectivity index (χ1v) is 7.54. The van der Waals surface area contributed by atoms with Crippen molar-refractivity contribution in [3.63, 3.8) is 0 Å². The fourth-order valence-corrected chi connectivity index (χ4v) is 3.06. The molecule has 0 spiro atoms. The Labute approximate surface area is 121 Å². The summed E-state index contributed by atoms with van der Waals surface area (Å²) >= 11 is 5.18. The standard InChI is InChI=1S/C14H26N2O2S/c1-4-6-14(7-5-2,12(15)19)13(17)16-10-8-11(9-10)18-3/h10-11H,4-9H2,1-3H3,(H2,15,19)(H,16,17). The monoisotopic (exact) mass is 286 g/mol. The number of amides is 1. The van der Waals surface area contributed by atoms with E-state index in [0.717, 1.165) is 38.5 Å². The highest BCUT2D eigenvalue weighted by Crippen LogP contribution is 2.32. The number of rotatable bonds is 8. The van der Waals surface area contributed by atoms with Gasteiger partial charge in [-0.25, -0.2) is 0 Å². The van der Waals surface area contributed by atoms with Crippen LogP contribution in [0, 0.1) is 5.41 Å². The van der Waals surface area contributed by atoms with Gasteiger partial charge in [0.1, 0.15) is 0 Å². The molecule has 1 aliphatic rings. The van der Waals surface area contributed by atoms with Crippen LogP contribution < -0.4 is 11.1 Å². The van der Waals surface area contributed by atoms with E-state index in [4.69, 9.17) is 22.7 Å². The summed E-state index contributed by atoms with van der Waals surface area (Å²) in [6.45, 7) is 4.11. The molecule has 0 radical (unpaired) electrons. The van der Waals surface area contributed by atoms with Gasteiger partial charge in [0.15, 0.2) is 0 Å². The molecule has 3 N–H and O–H groups in total. The molecule has 1 rings (SSSR count). The molecule has 1 fully saturated rings. The van der Waals surface area contributed by atoms with Crippen LogP contribution in [0.5, 0.6) is 0 Å². The van der Waals surface area contributed by atoms with Crippen molar-refractivity contribution in [2.24, 2.45) is 11.1 Å². The molecule has 1 aliphatic carbocycles. The Morgan fingerprint density at radius 1 is 1.37 bits per heavy atom. The van der Waals surface area contributed by atoms with Gasteiger partial charge >= 0.3 is 0 Å². The van der Waals surface area contributed by atoms with E-state index in [-0.39, 0.29) is 18.1 Å². The molecule has 1 saturated carbocycles. The van der Waals surface area contributed by atoms with Gasteiger partial charge in [-0.15, -0.1) is 0 Å². The van der Waals surface area contributed by atoms with Crippen LogP contribution in [0.25, 0.3) is 0 Å². The largest absolute Gasteiger partial charge is 0.392 e. The van der Waals surface area contributed by atoms with Crippen molar-refractivity contribution in [1.82, 2.24) is 5.32 Å². The van der Waals surface area contributed by atoms with Gasteiger partial charge in [0.25, 0.3) is 0 Å². The molecule has 5 heteroatoms. The zero-order valence-electron chi connectivity index (χ0n) is 12.2. The molecular weight excluding hydrogens is 260 g/mol. The van der Waals surface area contributed by atoms with Gasteiger partial charge in [-0.3, -0.25) is 4.79 Å². The Balaban J connectivity index is 2.68. The molecule has 19 heavy (non-hydrogen) atoms. The molecule has 0 unspecified atom stereocenters. The molecule has 0 heterocycles. The molecule has 0 aliphatic heterocycles. The van der Waals surface area contributed by atoms with Crippen molar-refractivity contribution in [2.75, 3.05) is 7.11 Å². The molecule has 0 aromatic carbocycles. The van der Waals surface area contributed by atoms with Crippen molar-refractivity contribution < 1.29 is 9.53 Å². The van der Waals surface area contributed by atoms with Crippen molar-refractivity contribution in [1.29, 1.82) is 0 Å². The number of carbonyl (C=O) groups is 1. The Bertz CT molecular complexity index is 321. The van der Waals surface area contributed by atoms with Crippen molar-refractivity contribution in [3.05, 3.63) is 0 Å². The number of carbonyl (C=O) groups excluding carboxylic acids is 1. The van der Waals surface area contributed by atoms with Crippen LogP contribution in [0.2, 0.25) is 0 Å². The number of hydrogen-bond acceptors (Lipinski definition) is 3. The average molecular weight is 286 g/mol. The lowest BCUT2D eigenvalue weighted by atomic mass is 9.77. The minimum atomic E-state index is -0.670. The second kappa shape index (κ2) is 7.20. The summed E-state index contributed by atoms with van der Waals surface area (Å²) in [5, 5.41) is 3.09. The topological polar surface area (TPSA) is 64.3 Å². The molecule has 110 valence electrons. The third-order valence-electron chi connectivity index (χ3n) is 4.02. The van der Waals surface area contributed by atoms with Crippen LogP contribution in [0.15, 0.2) is 0 Å². The SMILES string of the molecule is CCCC(CCC)(C(=O)NC1CC(OC)C1)C(N)=S. The van der Waals surface area contributed by atoms with Crippen LogP contribution in [-0.2, 0) is 9.53 Å². The van der Waals surface area contributed by atoms with E-state index < -0.39 is 5.41 Å². The number of hydrogen-bond donors (Lipinski definition) is 2. The zero-order chi connectivity index (χ0) is 14.5. The molecule has 1 amide bonds. The Morgan fingerprint density at radius 2 is 1.89 bits per heavy atom. The summed E-state index contributed by atoms with van der Waals surface area (Å²) in [6.07, 6.45) is 5.29. The van der Waals surface area contributed by atoms with Crippen LogP contribution in [0.1, 0.15) is 52.4 Å². The number of nitrogens with two attached hydrogens (primary N) is 1. The molecule has 0 bridgehead atoms. The van der Waals surface area contributed by atoms with Crippen LogP contribution >= 0.6 is 12.2 Å². The normalized spacial score (nSPS) is 22.7. The van der Waals surface area contributed by atoms with Crippen molar-refractivity contribution >= 4 is 23.1 Å². The van der Waals surface area contributed by atoms with Crippen LogP contribution in [-0.4, -0.2) is 30.2 Å². The Hall–Kier alpha value is -0.680. The molecule has 0 saturated heterocycles. The zero-order valence-corrected chi connectivity index (χ0v) is 13.0. The summed E-state index contributed by atoms with van der Waals surface area (Å²) in [4.78, 5) is 12.9. The van der Waals surface area contributed by atoms with E-state index in [1.165, 1.54) is 0 Å². The summed E-state index contributed by atoms with van der Waals surface area (Å²) in [7, 11) is 1.70. The van der Waals surface area contributed by atoms with E-state index in [0.29, 0.717) is 4.99 Å². The Kier molecular flexibility index (Phi) is 6.20. The minimum Gasteiger partial charge on any atom is -0.392 e. The third kappa shape index (κ3) is 3.66. The van der Waals surface area contributed by atoms with Gasteiger partial charge in [0, 0.05) is 13.2 Å². The number of methoxy groups -OCH3 is 1. The van der Waals surface area contributed by atoms with E-state index >= 15 is 0 Å². The van der Waals surface area contributed by atoms with Gasteiger partial charge in [0.05, 0.1) is 16.5 Å². The average Bonchev–Trinajstić information content (AvgIpc) is 2.32. The number of ether oxygens (including phenoxy) is 1. The van der Waals surface area contributed by atoms with Gasteiger partial charge in [-0.05, 0) is 25.7 Å². The van der Waals surface area contributed by atoms with Crippen molar-refractivity contribution in [3.8, 4) is 0 Å². The Morgan fingerprint density at radius 3 is 2.26 bits per heavy atom. The molecular formula is C14H26N2O2S. The summed E-state index contributed by atoms with van der Waals surface area (Å²) < 4.78 is 5.22. The van der Waals surface area contributed by atoms with E-state index in [1.807, 2.05) is 0 Å². The predicted molar refractivity (Wildman–Crippen MR) is 81.0 cm³/mol.